The Kier molecular flexibility index (Phi) is 7.35. The minimum Gasteiger partial charge on any atom is -0.508 e. The van der Waals surface area contributed by atoms with E-state index in [1.807, 2.05) is 18.2 Å². The summed E-state index contributed by atoms with van der Waals surface area (Å²) in [5, 5.41) is 10.2. The van der Waals surface area contributed by atoms with Crippen LogP contribution in [-0.4, -0.2) is 42.9 Å². The Hall–Kier alpha value is -2.98. The van der Waals surface area contributed by atoms with Crippen LogP contribution in [0.25, 0.3) is 0 Å². The molecule has 0 amide bonds. The summed E-state index contributed by atoms with van der Waals surface area (Å²) in [6, 6.07) is 24.4. The van der Waals surface area contributed by atoms with Gasteiger partial charge in [-0.15, -0.1) is 0 Å². The van der Waals surface area contributed by atoms with E-state index in [1.165, 1.54) is 56.4 Å². The lowest BCUT2D eigenvalue weighted by molar-refractivity contribution is 0.248. The van der Waals surface area contributed by atoms with Gasteiger partial charge < -0.3 is 19.5 Å². The van der Waals surface area contributed by atoms with Crippen molar-refractivity contribution in [2.75, 3.05) is 32.8 Å². The second-order valence-electron chi connectivity index (χ2n) is 9.55. The quantitative estimate of drug-likeness (QED) is 0.381. The normalized spacial score (nSPS) is 20.0. The molecule has 0 aliphatic carbocycles. The zero-order chi connectivity index (χ0) is 23.2. The Labute approximate surface area is 203 Å². The number of phenols is 1. The molecule has 5 rings (SSSR count). The summed E-state index contributed by atoms with van der Waals surface area (Å²) in [7, 11) is 0. The fourth-order valence-corrected chi connectivity index (χ4v) is 5.39. The lowest BCUT2D eigenvalue weighted by atomic mass is 9.76. The van der Waals surface area contributed by atoms with Crippen LogP contribution in [0.2, 0.25) is 0 Å². The molecule has 2 heterocycles. The predicted molar refractivity (Wildman–Crippen MR) is 136 cm³/mol. The number of phenolic OH excluding ortho intramolecular Hbond substituents is 1. The van der Waals surface area contributed by atoms with Crippen LogP contribution in [0.4, 0.5) is 0 Å². The van der Waals surface area contributed by atoms with Crippen LogP contribution in [0.1, 0.15) is 60.6 Å². The number of nitrogens with zero attached hydrogens (tertiary/aromatic N) is 1. The largest absolute Gasteiger partial charge is 0.508 e. The van der Waals surface area contributed by atoms with E-state index < -0.39 is 0 Å². The second-order valence-corrected chi connectivity index (χ2v) is 9.55. The maximum absolute atomic E-state index is 10.2. The van der Waals surface area contributed by atoms with E-state index in [2.05, 4.69) is 53.4 Å². The number of hydrogen-bond acceptors (Lipinski definition) is 4. The maximum atomic E-state index is 10.2. The van der Waals surface area contributed by atoms with Crippen LogP contribution >= 0.6 is 0 Å². The van der Waals surface area contributed by atoms with Crippen LogP contribution in [0.3, 0.4) is 0 Å². The van der Waals surface area contributed by atoms with Crippen molar-refractivity contribution < 1.29 is 14.6 Å². The first-order chi connectivity index (χ1) is 16.8. The highest BCUT2D eigenvalue weighted by molar-refractivity contribution is 5.51. The lowest BCUT2D eigenvalue weighted by Crippen LogP contribution is -2.25. The van der Waals surface area contributed by atoms with Gasteiger partial charge in [0.1, 0.15) is 17.2 Å². The van der Waals surface area contributed by atoms with Crippen molar-refractivity contribution in [1.82, 2.24) is 4.90 Å². The molecule has 0 bridgehead atoms. The number of fused-ring (bicyclic) bond motifs is 1. The average molecular weight is 458 g/mol. The Balaban J connectivity index is 1.24. The third kappa shape index (κ3) is 5.39. The first kappa shape index (κ1) is 22.8. The van der Waals surface area contributed by atoms with Crippen LogP contribution in [-0.2, 0) is 0 Å². The van der Waals surface area contributed by atoms with Crippen molar-refractivity contribution in [2.24, 2.45) is 0 Å². The van der Waals surface area contributed by atoms with Gasteiger partial charge in [0.2, 0.25) is 0 Å². The molecule has 4 heteroatoms. The summed E-state index contributed by atoms with van der Waals surface area (Å²) in [6.45, 7) is 5.18. The Morgan fingerprint density at radius 2 is 1.65 bits per heavy atom. The zero-order valence-electron chi connectivity index (χ0n) is 19.9. The van der Waals surface area contributed by atoms with Gasteiger partial charge in [-0.25, -0.2) is 0 Å². The summed E-state index contributed by atoms with van der Waals surface area (Å²) in [6.07, 6.45) is 6.31. The minimum absolute atomic E-state index is 0.109. The molecule has 2 aliphatic heterocycles. The lowest BCUT2D eigenvalue weighted by Gasteiger charge is -2.34. The smallest absolute Gasteiger partial charge is 0.123 e. The number of likely N-dealkylation sites (tertiary alicyclic amines) is 1. The standard InChI is InChI=1S/C30H35NO3/c32-25-13-16-29-27(21-25)30(28(22-34-29)23-9-3-1-4-10-23)24-11-14-26(15-12-24)33-20-8-2-5-17-31-18-6-7-19-31/h1,3-4,9-16,21,28,30,32H,2,5-8,17-20,22H2/t28-,30-/m1/s1. The van der Waals surface area contributed by atoms with Gasteiger partial charge in [0.15, 0.2) is 0 Å². The van der Waals surface area contributed by atoms with Crippen LogP contribution in [0.15, 0.2) is 72.8 Å². The van der Waals surface area contributed by atoms with Gasteiger partial charge in [-0.3, -0.25) is 0 Å². The Bertz CT molecular complexity index is 1040. The highest BCUT2D eigenvalue weighted by Crippen LogP contribution is 2.47. The maximum Gasteiger partial charge on any atom is 0.123 e. The third-order valence-corrected chi connectivity index (χ3v) is 7.20. The molecule has 3 aromatic carbocycles. The van der Waals surface area contributed by atoms with E-state index in [0.717, 1.165) is 30.1 Å². The highest BCUT2D eigenvalue weighted by Gasteiger charge is 2.33. The SMILES string of the molecule is Oc1ccc2c(c1)[C@@H](c1ccc(OCCCCCN3CCCC3)cc1)[C@@H](c1ccccc1)CO2. The molecule has 1 N–H and O–H groups in total. The molecule has 3 aromatic rings. The number of hydrogen-bond donors (Lipinski definition) is 1. The van der Waals surface area contributed by atoms with E-state index in [9.17, 15) is 5.11 Å². The number of ether oxygens (including phenoxy) is 2. The molecule has 1 fully saturated rings. The fourth-order valence-electron chi connectivity index (χ4n) is 5.39. The van der Waals surface area contributed by atoms with Gasteiger partial charge in [0, 0.05) is 17.4 Å². The Morgan fingerprint density at radius 1 is 0.853 bits per heavy atom. The molecule has 0 aromatic heterocycles. The molecule has 1 saturated heterocycles. The molecule has 0 unspecified atom stereocenters. The minimum atomic E-state index is 0.109. The molecule has 4 nitrogen and oxygen atoms in total. The zero-order valence-corrected chi connectivity index (χ0v) is 19.9. The molecule has 0 spiro atoms. The molecular weight excluding hydrogens is 422 g/mol. The summed E-state index contributed by atoms with van der Waals surface area (Å²) < 4.78 is 12.1. The third-order valence-electron chi connectivity index (χ3n) is 7.20. The molecule has 2 atom stereocenters. The summed E-state index contributed by atoms with van der Waals surface area (Å²) in [5.74, 6) is 2.33. The molecule has 178 valence electrons. The van der Waals surface area contributed by atoms with Crippen molar-refractivity contribution in [3.05, 3.63) is 89.5 Å². The first-order valence-electron chi connectivity index (χ1n) is 12.7. The van der Waals surface area contributed by atoms with Crippen molar-refractivity contribution in [2.45, 2.75) is 43.9 Å². The average Bonchev–Trinajstić information content (AvgIpc) is 3.40. The monoisotopic (exact) mass is 457 g/mol. The van der Waals surface area contributed by atoms with E-state index in [-0.39, 0.29) is 17.6 Å². The van der Waals surface area contributed by atoms with Crippen molar-refractivity contribution in [1.29, 1.82) is 0 Å². The number of unbranched alkanes of at least 4 members (excludes halogenated alkanes) is 2. The van der Waals surface area contributed by atoms with Crippen LogP contribution in [0, 0.1) is 0 Å². The topological polar surface area (TPSA) is 41.9 Å². The first-order valence-corrected chi connectivity index (χ1v) is 12.7. The highest BCUT2D eigenvalue weighted by atomic mass is 16.5. The number of rotatable bonds is 9. The summed E-state index contributed by atoms with van der Waals surface area (Å²) in [4.78, 5) is 2.58. The fraction of sp³-hybridized carbons (Fsp3) is 0.400. The van der Waals surface area contributed by atoms with E-state index in [1.54, 1.807) is 6.07 Å². The van der Waals surface area contributed by atoms with Crippen molar-refractivity contribution in [3.63, 3.8) is 0 Å². The van der Waals surface area contributed by atoms with Gasteiger partial charge in [-0.2, -0.15) is 0 Å². The predicted octanol–water partition coefficient (Wildman–Crippen LogP) is 6.35. The Morgan fingerprint density at radius 3 is 2.44 bits per heavy atom. The van der Waals surface area contributed by atoms with Crippen molar-refractivity contribution >= 4 is 0 Å². The molecule has 34 heavy (non-hydrogen) atoms. The van der Waals surface area contributed by atoms with Crippen molar-refractivity contribution in [3.8, 4) is 17.2 Å². The summed E-state index contributed by atoms with van der Waals surface area (Å²) >= 11 is 0. The van der Waals surface area contributed by atoms with Gasteiger partial charge in [0.25, 0.3) is 0 Å². The molecule has 2 aliphatic rings. The van der Waals surface area contributed by atoms with Gasteiger partial charge in [-0.05, 0) is 93.2 Å². The van der Waals surface area contributed by atoms with E-state index in [4.69, 9.17) is 9.47 Å². The van der Waals surface area contributed by atoms with E-state index >= 15 is 0 Å². The molecule has 0 radical (unpaired) electrons. The number of aromatic hydroxyl groups is 1. The van der Waals surface area contributed by atoms with E-state index in [0.29, 0.717) is 6.61 Å². The van der Waals surface area contributed by atoms with Gasteiger partial charge in [0.05, 0.1) is 13.2 Å². The van der Waals surface area contributed by atoms with Crippen LogP contribution in [0.5, 0.6) is 17.2 Å². The number of benzene rings is 3. The second kappa shape index (κ2) is 11.0. The molecular formula is C30H35NO3. The van der Waals surface area contributed by atoms with Crippen LogP contribution < -0.4 is 9.47 Å². The summed E-state index contributed by atoms with van der Waals surface area (Å²) in [5.41, 5.74) is 3.49. The van der Waals surface area contributed by atoms with Gasteiger partial charge >= 0.3 is 0 Å². The van der Waals surface area contributed by atoms with Gasteiger partial charge in [-0.1, -0.05) is 42.5 Å². The molecule has 0 saturated carbocycles.